The van der Waals surface area contributed by atoms with Crippen LogP contribution in [0.5, 0.6) is 0 Å². The predicted molar refractivity (Wildman–Crippen MR) is 110 cm³/mol. The fourth-order valence-electron chi connectivity index (χ4n) is 3.52. The highest BCUT2D eigenvalue weighted by Crippen LogP contribution is 2.45. The minimum absolute atomic E-state index is 0.112. The molecule has 1 atom stereocenters. The Balaban J connectivity index is 1.69. The van der Waals surface area contributed by atoms with Crippen molar-refractivity contribution in [3.63, 3.8) is 0 Å². The van der Waals surface area contributed by atoms with Gasteiger partial charge in [0, 0.05) is 18.0 Å². The van der Waals surface area contributed by atoms with Crippen molar-refractivity contribution in [3.05, 3.63) is 81.5 Å². The number of anilines is 2. The molecular weight excluding hydrogens is 389 g/mol. The number of fused-ring (bicyclic) bond motifs is 1. The van der Waals surface area contributed by atoms with Gasteiger partial charge in [0.2, 0.25) is 5.91 Å². The molecule has 1 unspecified atom stereocenters. The van der Waals surface area contributed by atoms with Crippen molar-refractivity contribution in [1.29, 1.82) is 5.26 Å². The molecule has 2 amide bonds. The Hall–Kier alpha value is -3.50. The summed E-state index contributed by atoms with van der Waals surface area (Å²) in [5.41, 5.74) is 3.69. The molecule has 4 rings (SSSR count). The minimum atomic E-state index is -0.376. The van der Waals surface area contributed by atoms with Crippen molar-refractivity contribution in [2.45, 2.75) is 19.3 Å². The number of nitrogens with one attached hydrogen (secondary N) is 2. The third kappa shape index (κ3) is 3.62. The highest BCUT2D eigenvalue weighted by atomic mass is 32.1. The van der Waals surface area contributed by atoms with Crippen LogP contribution in [-0.2, 0) is 4.79 Å². The van der Waals surface area contributed by atoms with E-state index in [1.807, 2.05) is 19.1 Å². The second-order valence-electron chi connectivity index (χ2n) is 6.80. The van der Waals surface area contributed by atoms with Gasteiger partial charge in [-0.25, -0.2) is 4.39 Å². The van der Waals surface area contributed by atoms with E-state index in [0.29, 0.717) is 21.1 Å². The summed E-state index contributed by atoms with van der Waals surface area (Å²) in [6, 6.07) is 14.8. The molecule has 2 N–H and O–H groups in total. The van der Waals surface area contributed by atoms with E-state index in [1.165, 1.54) is 35.6 Å². The van der Waals surface area contributed by atoms with Crippen LogP contribution < -0.4 is 10.6 Å². The van der Waals surface area contributed by atoms with Crippen molar-refractivity contribution in [3.8, 4) is 6.07 Å². The first kappa shape index (κ1) is 18.8. The van der Waals surface area contributed by atoms with Crippen LogP contribution in [0.3, 0.4) is 0 Å². The van der Waals surface area contributed by atoms with E-state index in [2.05, 4.69) is 16.7 Å². The lowest BCUT2D eigenvalue weighted by Gasteiger charge is -2.24. The number of carbonyl (C=O) groups is 2. The molecule has 1 aromatic heterocycles. The maximum Gasteiger partial charge on any atom is 0.266 e. The van der Waals surface area contributed by atoms with Crippen molar-refractivity contribution in [2.75, 3.05) is 10.6 Å². The molecule has 2 aromatic carbocycles. The van der Waals surface area contributed by atoms with E-state index in [4.69, 9.17) is 5.26 Å². The highest BCUT2D eigenvalue weighted by molar-refractivity contribution is 7.18. The van der Waals surface area contributed by atoms with Gasteiger partial charge in [0.15, 0.2) is 0 Å². The molecule has 0 saturated carbocycles. The van der Waals surface area contributed by atoms with Gasteiger partial charge in [0.05, 0.1) is 21.5 Å². The zero-order valence-electron chi connectivity index (χ0n) is 15.5. The largest absolute Gasteiger partial charge is 0.321 e. The van der Waals surface area contributed by atoms with E-state index >= 15 is 0 Å². The molecule has 144 valence electrons. The van der Waals surface area contributed by atoms with Gasteiger partial charge in [0.1, 0.15) is 5.82 Å². The molecule has 1 aliphatic rings. The van der Waals surface area contributed by atoms with Crippen LogP contribution in [0.15, 0.2) is 48.5 Å². The molecule has 0 radical (unpaired) electrons. The lowest BCUT2D eigenvalue weighted by Crippen LogP contribution is -2.22. The van der Waals surface area contributed by atoms with Gasteiger partial charge in [-0.2, -0.15) is 5.26 Å². The third-order valence-electron chi connectivity index (χ3n) is 4.93. The molecule has 0 fully saturated rings. The summed E-state index contributed by atoms with van der Waals surface area (Å²) in [5.74, 6) is -0.978. The van der Waals surface area contributed by atoms with Gasteiger partial charge in [-0.1, -0.05) is 12.1 Å². The monoisotopic (exact) mass is 405 g/mol. The summed E-state index contributed by atoms with van der Waals surface area (Å²) in [6.07, 6.45) is 0.273. The molecule has 2 heterocycles. The number of nitriles is 1. The van der Waals surface area contributed by atoms with Crippen molar-refractivity contribution >= 4 is 33.8 Å². The number of halogens is 1. The van der Waals surface area contributed by atoms with Crippen LogP contribution >= 0.6 is 11.3 Å². The topological polar surface area (TPSA) is 82.0 Å². The quantitative estimate of drug-likeness (QED) is 0.657. The van der Waals surface area contributed by atoms with E-state index in [-0.39, 0.29) is 30.0 Å². The van der Waals surface area contributed by atoms with Gasteiger partial charge in [-0.3, -0.25) is 9.59 Å². The van der Waals surface area contributed by atoms with Crippen molar-refractivity contribution in [1.82, 2.24) is 0 Å². The van der Waals surface area contributed by atoms with Crippen molar-refractivity contribution < 1.29 is 14.0 Å². The van der Waals surface area contributed by atoms with E-state index in [1.54, 1.807) is 12.1 Å². The SMILES string of the molecule is Cc1c(C(=O)Nc2ccc(F)cc2)sc2c1C(c1ccc(C#N)cc1)CC(=O)N2. The highest BCUT2D eigenvalue weighted by Gasteiger charge is 2.32. The summed E-state index contributed by atoms with van der Waals surface area (Å²) in [4.78, 5) is 25.6. The van der Waals surface area contributed by atoms with Crippen LogP contribution in [0.25, 0.3) is 0 Å². The Morgan fingerprint density at radius 3 is 2.55 bits per heavy atom. The molecule has 29 heavy (non-hydrogen) atoms. The minimum Gasteiger partial charge on any atom is -0.321 e. The molecule has 0 aliphatic carbocycles. The first-order valence-corrected chi connectivity index (χ1v) is 9.78. The number of thiophene rings is 1. The Morgan fingerprint density at radius 1 is 1.21 bits per heavy atom. The van der Waals surface area contributed by atoms with E-state index < -0.39 is 0 Å². The van der Waals surface area contributed by atoms with Crippen LogP contribution in [0, 0.1) is 24.1 Å². The zero-order valence-corrected chi connectivity index (χ0v) is 16.3. The summed E-state index contributed by atoms with van der Waals surface area (Å²) in [7, 11) is 0. The first-order chi connectivity index (χ1) is 14.0. The fourth-order valence-corrected chi connectivity index (χ4v) is 4.70. The molecule has 0 spiro atoms. The van der Waals surface area contributed by atoms with E-state index in [0.717, 1.165) is 16.7 Å². The maximum atomic E-state index is 13.1. The molecule has 0 saturated heterocycles. The average Bonchev–Trinajstić information content (AvgIpc) is 3.05. The van der Waals surface area contributed by atoms with E-state index in [9.17, 15) is 14.0 Å². The Labute approximate surface area is 170 Å². The zero-order chi connectivity index (χ0) is 20.5. The number of hydrogen-bond donors (Lipinski definition) is 2. The second kappa shape index (κ2) is 7.49. The molecule has 3 aromatic rings. The number of carbonyl (C=O) groups excluding carboxylic acids is 2. The van der Waals surface area contributed by atoms with Gasteiger partial charge in [0.25, 0.3) is 5.91 Å². The number of hydrogen-bond acceptors (Lipinski definition) is 4. The Bertz CT molecular complexity index is 1140. The van der Waals surface area contributed by atoms with Crippen LogP contribution in [0.2, 0.25) is 0 Å². The number of amides is 2. The molecule has 0 bridgehead atoms. The molecule has 7 heteroatoms. The standard InChI is InChI=1S/C22H16FN3O2S/c1-12-19-17(14-4-2-13(11-24)3-5-14)10-18(27)26-22(19)29-20(12)21(28)25-16-8-6-15(23)7-9-16/h2-9,17H,10H2,1H3,(H,25,28)(H,26,27). The Morgan fingerprint density at radius 2 is 1.90 bits per heavy atom. The number of rotatable bonds is 3. The molecule has 5 nitrogen and oxygen atoms in total. The van der Waals surface area contributed by atoms with Crippen LogP contribution in [-0.4, -0.2) is 11.8 Å². The average molecular weight is 405 g/mol. The fraction of sp³-hybridized carbons (Fsp3) is 0.136. The lowest BCUT2D eigenvalue weighted by molar-refractivity contribution is -0.116. The first-order valence-electron chi connectivity index (χ1n) is 8.96. The third-order valence-corrected chi connectivity index (χ3v) is 6.16. The predicted octanol–water partition coefficient (Wildman–Crippen LogP) is 4.79. The molecular formula is C22H16FN3O2S. The van der Waals surface area contributed by atoms with Gasteiger partial charge in [-0.05, 0) is 60.0 Å². The summed E-state index contributed by atoms with van der Waals surface area (Å²) in [5, 5.41) is 15.3. The van der Waals surface area contributed by atoms with Crippen LogP contribution in [0.1, 0.15) is 44.3 Å². The summed E-state index contributed by atoms with van der Waals surface area (Å²) >= 11 is 1.23. The smallest absolute Gasteiger partial charge is 0.266 e. The number of nitrogens with zero attached hydrogens (tertiary/aromatic N) is 1. The summed E-state index contributed by atoms with van der Waals surface area (Å²) < 4.78 is 13.1. The van der Waals surface area contributed by atoms with Crippen molar-refractivity contribution in [2.24, 2.45) is 0 Å². The molecule has 1 aliphatic heterocycles. The van der Waals surface area contributed by atoms with Crippen LogP contribution in [0.4, 0.5) is 15.1 Å². The Kier molecular flexibility index (Phi) is 4.87. The lowest BCUT2D eigenvalue weighted by atomic mass is 9.84. The van der Waals surface area contributed by atoms with Gasteiger partial charge >= 0.3 is 0 Å². The summed E-state index contributed by atoms with van der Waals surface area (Å²) in [6.45, 7) is 1.86. The number of benzene rings is 2. The van der Waals surface area contributed by atoms with Gasteiger partial charge < -0.3 is 10.6 Å². The van der Waals surface area contributed by atoms with Gasteiger partial charge in [-0.15, -0.1) is 11.3 Å². The maximum absolute atomic E-state index is 13.1. The second-order valence-corrected chi connectivity index (χ2v) is 7.82. The normalized spacial score (nSPS) is 15.2.